The van der Waals surface area contributed by atoms with E-state index in [0.29, 0.717) is 29.8 Å². The van der Waals surface area contributed by atoms with Gasteiger partial charge in [0.2, 0.25) is 0 Å². The van der Waals surface area contributed by atoms with Crippen molar-refractivity contribution in [3.8, 4) is 0 Å². The van der Waals surface area contributed by atoms with Crippen LogP contribution < -0.4 is 11.5 Å². The van der Waals surface area contributed by atoms with Crippen LogP contribution in [0.3, 0.4) is 0 Å². The van der Waals surface area contributed by atoms with Crippen molar-refractivity contribution in [2.45, 2.75) is 33.6 Å². The Morgan fingerprint density at radius 2 is 1.88 bits per heavy atom. The summed E-state index contributed by atoms with van der Waals surface area (Å²) < 4.78 is 11.7. The Morgan fingerprint density at radius 3 is 2.53 bits per heavy atom. The lowest BCUT2D eigenvalue weighted by atomic mass is 9.90. The second-order valence-electron chi connectivity index (χ2n) is 8.24. The number of nitrogens with zero attached hydrogens (tertiary/aromatic N) is 2. The molecule has 34 heavy (non-hydrogen) atoms. The molecule has 178 valence electrons. The number of hydrogen-bond donors (Lipinski definition) is 2. The lowest BCUT2D eigenvalue weighted by molar-refractivity contribution is -0.133. The predicted octanol–water partition coefficient (Wildman–Crippen LogP) is 3.53. The quantitative estimate of drug-likeness (QED) is 0.376. The lowest BCUT2D eigenvalue weighted by Gasteiger charge is -2.21. The number of rotatable bonds is 6. The van der Waals surface area contributed by atoms with Crippen molar-refractivity contribution >= 4 is 23.6 Å². The Hall–Kier alpha value is -4.14. The smallest absolute Gasteiger partial charge is 0.419 e. The Balaban J connectivity index is 1.91. The number of esters is 2. The number of allylic oxidation sites excluding steroid dienone is 4. The van der Waals surface area contributed by atoms with E-state index in [1.165, 1.54) is 23.9 Å². The van der Waals surface area contributed by atoms with Crippen LogP contribution in [0, 0.1) is 5.92 Å². The van der Waals surface area contributed by atoms with Crippen LogP contribution in [0.4, 0.5) is 4.79 Å². The van der Waals surface area contributed by atoms with Crippen LogP contribution in [-0.4, -0.2) is 34.2 Å². The first-order valence-corrected chi connectivity index (χ1v) is 10.9. The molecular weight excluding hydrogens is 436 g/mol. The van der Waals surface area contributed by atoms with Crippen LogP contribution in [0.15, 0.2) is 71.3 Å². The molecule has 0 atom stereocenters. The van der Waals surface area contributed by atoms with Crippen molar-refractivity contribution in [2.24, 2.45) is 17.4 Å². The van der Waals surface area contributed by atoms with E-state index in [1.54, 1.807) is 36.4 Å². The highest BCUT2D eigenvalue weighted by molar-refractivity contribution is 6.05. The van der Waals surface area contributed by atoms with Gasteiger partial charge in [-0.2, -0.15) is 0 Å². The van der Waals surface area contributed by atoms with Crippen LogP contribution in [-0.2, 0) is 14.3 Å². The number of hydrogen-bond acceptors (Lipinski definition) is 8. The van der Waals surface area contributed by atoms with E-state index in [4.69, 9.17) is 20.9 Å². The summed E-state index contributed by atoms with van der Waals surface area (Å²) in [6.07, 6.45) is 5.14. The fraction of sp³-hybridized carbons (Fsp3) is 0.280. The molecule has 0 saturated heterocycles. The SMILES string of the molecule is CC(N)=C(C(=O)OC(=O)c1ccccc1)C1=CCCC(c2nccn2C(=O)OCC(C)C)=C1N. The van der Waals surface area contributed by atoms with E-state index in [0.717, 1.165) is 0 Å². The van der Waals surface area contributed by atoms with Gasteiger partial charge in [0.15, 0.2) is 0 Å². The van der Waals surface area contributed by atoms with E-state index in [9.17, 15) is 14.4 Å². The molecule has 0 unspecified atom stereocenters. The molecule has 1 aliphatic carbocycles. The molecule has 0 fully saturated rings. The number of carbonyl (C=O) groups excluding carboxylic acids is 3. The predicted molar refractivity (Wildman–Crippen MR) is 126 cm³/mol. The summed E-state index contributed by atoms with van der Waals surface area (Å²) in [4.78, 5) is 42.2. The Bertz CT molecular complexity index is 1180. The van der Waals surface area contributed by atoms with Crippen molar-refractivity contribution < 1.29 is 23.9 Å². The maximum Gasteiger partial charge on any atom is 0.419 e. The van der Waals surface area contributed by atoms with Gasteiger partial charge in [0.05, 0.1) is 17.7 Å². The molecule has 4 N–H and O–H groups in total. The molecule has 0 bridgehead atoms. The minimum atomic E-state index is -0.913. The topological polar surface area (TPSA) is 140 Å². The van der Waals surface area contributed by atoms with Gasteiger partial charge >= 0.3 is 18.0 Å². The summed E-state index contributed by atoms with van der Waals surface area (Å²) in [5.41, 5.74) is 13.9. The molecule has 0 amide bonds. The molecule has 0 spiro atoms. The van der Waals surface area contributed by atoms with Gasteiger partial charge in [-0.25, -0.2) is 23.9 Å². The van der Waals surface area contributed by atoms with Crippen LogP contribution in [0.5, 0.6) is 0 Å². The lowest BCUT2D eigenvalue weighted by Crippen LogP contribution is -2.24. The summed E-state index contributed by atoms with van der Waals surface area (Å²) in [5, 5.41) is 0. The van der Waals surface area contributed by atoms with Gasteiger partial charge in [-0.15, -0.1) is 0 Å². The molecule has 1 aromatic carbocycles. The molecule has 0 saturated carbocycles. The molecular formula is C25H28N4O5. The molecule has 0 aliphatic heterocycles. The van der Waals surface area contributed by atoms with E-state index >= 15 is 0 Å². The van der Waals surface area contributed by atoms with Crippen LogP contribution in [0.25, 0.3) is 5.57 Å². The molecule has 9 heteroatoms. The highest BCUT2D eigenvalue weighted by Gasteiger charge is 2.28. The summed E-state index contributed by atoms with van der Waals surface area (Å²) in [5.74, 6) is -1.22. The zero-order valence-electron chi connectivity index (χ0n) is 19.4. The summed E-state index contributed by atoms with van der Waals surface area (Å²) >= 11 is 0. The second kappa shape index (κ2) is 10.7. The van der Waals surface area contributed by atoms with Crippen molar-refractivity contribution in [3.05, 3.63) is 82.7 Å². The first kappa shape index (κ1) is 24.5. The van der Waals surface area contributed by atoms with Crippen molar-refractivity contribution in [3.63, 3.8) is 0 Å². The highest BCUT2D eigenvalue weighted by atomic mass is 16.6. The molecule has 2 aromatic rings. The minimum Gasteiger partial charge on any atom is -0.449 e. The molecule has 1 aliphatic rings. The fourth-order valence-corrected chi connectivity index (χ4v) is 3.47. The first-order valence-electron chi connectivity index (χ1n) is 10.9. The van der Waals surface area contributed by atoms with Crippen molar-refractivity contribution in [1.82, 2.24) is 9.55 Å². The minimum absolute atomic E-state index is 0.0144. The van der Waals surface area contributed by atoms with Crippen molar-refractivity contribution in [1.29, 1.82) is 0 Å². The van der Waals surface area contributed by atoms with Gasteiger partial charge in [-0.3, -0.25) is 0 Å². The maximum absolute atomic E-state index is 12.9. The number of ether oxygens (including phenoxy) is 2. The first-order chi connectivity index (χ1) is 16.2. The number of carbonyl (C=O) groups is 3. The van der Waals surface area contributed by atoms with E-state index in [1.807, 2.05) is 13.8 Å². The van der Waals surface area contributed by atoms with Crippen LogP contribution >= 0.6 is 0 Å². The maximum atomic E-state index is 12.9. The second-order valence-corrected chi connectivity index (χ2v) is 8.24. The van der Waals surface area contributed by atoms with Gasteiger partial charge in [0.1, 0.15) is 5.82 Å². The van der Waals surface area contributed by atoms with Crippen LogP contribution in [0.2, 0.25) is 0 Å². The number of aromatic nitrogens is 2. The summed E-state index contributed by atoms with van der Waals surface area (Å²) in [6.45, 7) is 5.66. The monoisotopic (exact) mass is 464 g/mol. The molecule has 9 nitrogen and oxygen atoms in total. The number of nitrogens with two attached hydrogens (primary N) is 2. The molecule has 1 aromatic heterocycles. The zero-order valence-corrected chi connectivity index (χ0v) is 19.4. The summed E-state index contributed by atoms with van der Waals surface area (Å²) in [6, 6.07) is 8.15. The largest absolute Gasteiger partial charge is 0.449 e. The standard InChI is InChI=1S/C25H28N4O5/c1-15(2)14-33-25(32)29-13-12-28-22(29)19-11-7-10-18(21(19)27)20(16(3)26)24(31)34-23(30)17-8-5-4-6-9-17/h4-6,8-10,12-13,15H,7,11,14,26-27H2,1-3H3. The highest BCUT2D eigenvalue weighted by Crippen LogP contribution is 2.33. The van der Waals surface area contributed by atoms with Gasteiger partial charge in [-0.1, -0.05) is 38.1 Å². The van der Waals surface area contributed by atoms with E-state index in [2.05, 4.69) is 4.98 Å². The Labute approximate surface area is 197 Å². The Morgan fingerprint density at radius 1 is 1.18 bits per heavy atom. The molecule has 0 radical (unpaired) electrons. The van der Waals surface area contributed by atoms with E-state index in [-0.39, 0.29) is 35.1 Å². The van der Waals surface area contributed by atoms with Gasteiger partial charge in [-0.05, 0) is 37.8 Å². The zero-order chi connectivity index (χ0) is 24.8. The third-order valence-corrected chi connectivity index (χ3v) is 5.07. The molecule has 3 rings (SSSR count). The Kier molecular flexibility index (Phi) is 7.68. The van der Waals surface area contributed by atoms with Gasteiger partial charge < -0.3 is 20.9 Å². The molecule has 1 heterocycles. The number of benzene rings is 1. The summed E-state index contributed by atoms with van der Waals surface area (Å²) in [7, 11) is 0. The van der Waals surface area contributed by atoms with Crippen LogP contribution in [0.1, 0.15) is 49.8 Å². The average Bonchev–Trinajstić information content (AvgIpc) is 3.29. The fourth-order valence-electron chi connectivity index (χ4n) is 3.47. The third-order valence-electron chi connectivity index (χ3n) is 5.07. The normalized spacial score (nSPS) is 14.4. The van der Waals surface area contributed by atoms with Crippen molar-refractivity contribution in [2.75, 3.05) is 6.61 Å². The van der Waals surface area contributed by atoms with Gasteiger partial charge in [0, 0.05) is 34.9 Å². The average molecular weight is 465 g/mol. The third kappa shape index (κ3) is 5.43. The van der Waals surface area contributed by atoms with E-state index < -0.39 is 18.0 Å². The number of imidazole rings is 1. The van der Waals surface area contributed by atoms with Gasteiger partial charge in [0.25, 0.3) is 0 Å².